The average Bonchev–Trinajstić information content (AvgIpc) is 3.49. The van der Waals surface area contributed by atoms with E-state index in [-0.39, 0.29) is 11.5 Å². The minimum atomic E-state index is 0.171. The second kappa shape index (κ2) is 9.07. The number of allylic oxidation sites excluding steroid dienone is 1. The van der Waals surface area contributed by atoms with Crippen LogP contribution in [0.25, 0.3) is 22.4 Å². The number of thiophene rings is 1. The van der Waals surface area contributed by atoms with Crippen LogP contribution < -0.4 is 9.47 Å². The van der Waals surface area contributed by atoms with Crippen LogP contribution in [-0.2, 0) is 6.61 Å². The fraction of sp³-hybridized carbons (Fsp3) is 0.0870. The first-order chi connectivity index (χ1) is 14.8. The smallest absolute Gasteiger partial charge is 0.268 e. The van der Waals surface area contributed by atoms with Crippen molar-refractivity contribution < 1.29 is 14.0 Å². The van der Waals surface area contributed by atoms with E-state index in [0.29, 0.717) is 23.9 Å². The summed E-state index contributed by atoms with van der Waals surface area (Å²) in [5, 5.41) is 15.5. The Bertz CT molecular complexity index is 1190. The first kappa shape index (κ1) is 19.4. The molecule has 148 valence electrons. The van der Waals surface area contributed by atoms with E-state index in [4.69, 9.17) is 14.0 Å². The number of methoxy groups -OCH3 is 1. The molecular weight excluding hydrogens is 398 g/mol. The lowest BCUT2D eigenvalue weighted by Crippen LogP contribution is -1.97. The third-order valence-corrected chi connectivity index (χ3v) is 5.12. The van der Waals surface area contributed by atoms with Gasteiger partial charge < -0.3 is 14.0 Å². The molecule has 7 heteroatoms. The lowest BCUT2D eigenvalue weighted by Gasteiger charge is -2.11. The highest BCUT2D eigenvalue weighted by Gasteiger charge is 2.14. The van der Waals surface area contributed by atoms with Gasteiger partial charge >= 0.3 is 0 Å². The summed E-state index contributed by atoms with van der Waals surface area (Å²) >= 11 is 1.50. The third kappa shape index (κ3) is 4.40. The van der Waals surface area contributed by atoms with Gasteiger partial charge in [0.25, 0.3) is 5.89 Å². The Morgan fingerprint density at radius 3 is 2.73 bits per heavy atom. The Labute approximate surface area is 177 Å². The number of aromatic nitrogens is 2. The summed E-state index contributed by atoms with van der Waals surface area (Å²) in [6, 6.07) is 21.3. The normalized spacial score (nSPS) is 11.1. The summed E-state index contributed by atoms with van der Waals surface area (Å²) in [5.41, 5.74) is 2.09. The zero-order valence-electron chi connectivity index (χ0n) is 16.1. The number of benzene rings is 2. The predicted octanol–water partition coefficient (Wildman–Crippen LogP) is 5.45. The Hall–Kier alpha value is -3.89. The Morgan fingerprint density at radius 1 is 1.13 bits per heavy atom. The van der Waals surface area contributed by atoms with Crippen LogP contribution in [0.2, 0.25) is 0 Å². The molecule has 0 N–H and O–H groups in total. The molecule has 0 spiro atoms. The molecule has 0 fully saturated rings. The van der Waals surface area contributed by atoms with Crippen LogP contribution in [-0.4, -0.2) is 17.3 Å². The summed E-state index contributed by atoms with van der Waals surface area (Å²) in [6.07, 6.45) is 1.68. The molecule has 4 aromatic rings. The van der Waals surface area contributed by atoms with Gasteiger partial charge in [-0.2, -0.15) is 10.2 Å². The zero-order chi connectivity index (χ0) is 20.8. The minimum Gasteiger partial charge on any atom is -0.493 e. The highest BCUT2D eigenvalue weighted by atomic mass is 32.1. The summed E-state index contributed by atoms with van der Waals surface area (Å²) in [5.74, 6) is 1.82. The maximum absolute atomic E-state index is 9.57. The lowest BCUT2D eigenvalue weighted by atomic mass is 10.1. The van der Waals surface area contributed by atoms with E-state index in [0.717, 1.165) is 16.0 Å². The molecule has 0 bridgehead atoms. The average molecular weight is 415 g/mol. The SMILES string of the molecule is COc1cc(/C=C(\C#N)c2nc(-c3cccs3)no2)ccc1OCc1ccccc1. The quantitative estimate of drug-likeness (QED) is 0.373. The van der Waals surface area contributed by atoms with Gasteiger partial charge in [-0.1, -0.05) is 47.6 Å². The summed E-state index contributed by atoms with van der Waals surface area (Å²) in [6.45, 7) is 0.434. The monoisotopic (exact) mass is 415 g/mol. The van der Waals surface area contributed by atoms with Crippen molar-refractivity contribution in [2.75, 3.05) is 7.11 Å². The number of hydrogen-bond acceptors (Lipinski definition) is 7. The summed E-state index contributed by atoms with van der Waals surface area (Å²) in [7, 11) is 1.58. The molecule has 2 aromatic heterocycles. The van der Waals surface area contributed by atoms with Crippen molar-refractivity contribution in [2.45, 2.75) is 6.61 Å². The second-order valence-corrected chi connectivity index (χ2v) is 7.20. The maximum Gasteiger partial charge on any atom is 0.268 e. The van der Waals surface area contributed by atoms with Crippen LogP contribution in [0.5, 0.6) is 11.5 Å². The highest BCUT2D eigenvalue weighted by Crippen LogP contribution is 2.31. The van der Waals surface area contributed by atoms with Crippen molar-refractivity contribution in [1.29, 1.82) is 5.26 Å². The molecular formula is C23H17N3O3S. The lowest BCUT2D eigenvalue weighted by molar-refractivity contribution is 0.284. The number of rotatable bonds is 7. The van der Waals surface area contributed by atoms with Gasteiger partial charge in [-0.3, -0.25) is 0 Å². The van der Waals surface area contributed by atoms with Gasteiger partial charge in [-0.15, -0.1) is 11.3 Å². The van der Waals surface area contributed by atoms with Gasteiger partial charge in [0.1, 0.15) is 18.2 Å². The van der Waals surface area contributed by atoms with E-state index in [1.165, 1.54) is 11.3 Å². The zero-order valence-corrected chi connectivity index (χ0v) is 16.9. The molecule has 0 aliphatic heterocycles. The molecule has 0 atom stereocenters. The van der Waals surface area contributed by atoms with E-state index >= 15 is 0 Å². The summed E-state index contributed by atoms with van der Waals surface area (Å²) in [4.78, 5) is 5.21. The van der Waals surface area contributed by atoms with Crippen molar-refractivity contribution in [3.63, 3.8) is 0 Å². The van der Waals surface area contributed by atoms with Gasteiger partial charge in [0.15, 0.2) is 11.5 Å². The molecule has 4 rings (SSSR count). The fourth-order valence-electron chi connectivity index (χ4n) is 2.78. The highest BCUT2D eigenvalue weighted by molar-refractivity contribution is 7.13. The van der Waals surface area contributed by atoms with Gasteiger partial charge in [0.05, 0.1) is 12.0 Å². The number of ether oxygens (including phenoxy) is 2. The molecule has 0 unspecified atom stereocenters. The van der Waals surface area contributed by atoms with Crippen molar-refractivity contribution in [1.82, 2.24) is 10.1 Å². The van der Waals surface area contributed by atoms with E-state index in [2.05, 4.69) is 16.2 Å². The molecule has 0 aliphatic carbocycles. The van der Waals surface area contributed by atoms with Gasteiger partial charge in [0.2, 0.25) is 5.82 Å². The Balaban J connectivity index is 1.55. The van der Waals surface area contributed by atoms with E-state index in [1.54, 1.807) is 19.3 Å². The Kier molecular flexibility index (Phi) is 5.88. The number of nitriles is 1. The van der Waals surface area contributed by atoms with Gasteiger partial charge in [-0.05, 0) is 40.8 Å². The topological polar surface area (TPSA) is 81.2 Å². The van der Waals surface area contributed by atoms with Crippen molar-refractivity contribution in [3.05, 3.63) is 83.1 Å². The number of nitrogens with zero attached hydrogens (tertiary/aromatic N) is 3. The van der Waals surface area contributed by atoms with Crippen molar-refractivity contribution in [2.24, 2.45) is 0 Å². The number of hydrogen-bond donors (Lipinski definition) is 0. The van der Waals surface area contributed by atoms with Crippen LogP contribution >= 0.6 is 11.3 Å². The van der Waals surface area contributed by atoms with E-state index in [9.17, 15) is 5.26 Å². The molecule has 30 heavy (non-hydrogen) atoms. The molecule has 2 heterocycles. The van der Waals surface area contributed by atoms with Crippen LogP contribution in [0.4, 0.5) is 0 Å². The second-order valence-electron chi connectivity index (χ2n) is 6.25. The van der Waals surface area contributed by atoms with Crippen molar-refractivity contribution in [3.8, 4) is 28.3 Å². The van der Waals surface area contributed by atoms with Gasteiger partial charge in [-0.25, -0.2) is 0 Å². The van der Waals surface area contributed by atoms with Crippen LogP contribution in [0.3, 0.4) is 0 Å². The van der Waals surface area contributed by atoms with Crippen molar-refractivity contribution >= 4 is 23.0 Å². The van der Waals surface area contributed by atoms with E-state index in [1.807, 2.05) is 60.0 Å². The molecule has 6 nitrogen and oxygen atoms in total. The fourth-order valence-corrected chi connectivity index (χ4v) is 3.42. The van der Waals surface area contributed by atoms with Crippen LogP contribution in [0, 0.1) is 11.3 Å². The molecule has 0 amide bonds. The molecule has 2 aromatic carbocycles. The predicted molar refractivity (Wildman–Crippen MR) is 115 cm³/mol. The minimum absolute atomic E-state index is 0.171. The first-order valence-corrected chi connectivity index (χ1v) is 9.99. The van der Waals surface area contributed by atoms with Crippen LogP contribution in [0.1, 0.15) is 17.0 Å². The largest absolute Gasteiger partial charge is 0.493 e. The first-order valence-electron chi connectivity index (χ1n) is 9.11. The van der Waals surface area contributed by atoms with Gasteiger partial charge in [0, 0.05) is 0 Å². The van der Waals surface area contributed by atoms with Crippen LogP contribution in [0.15, 0.2) is 70.6 Å². The summed E-state index contributed by atoms with van der Waals surface area (Å²) < 4.78 is 16.6. The molecule has 0 saturated heterocycles. The third-order valence-electron chi connectivity index (χ3n) is 4.25. The Morgan fingerprint density at radius 2 is 2.00 bits per heavy atom. The standard InChI is InChI=1S/C23H17N3O3S/c1-27-20-13-17(9-10-19(20)28-15-16-6-3-2-4-7-16)12-18(14-24)23-25-22(26-29-23)21-8-5-11-30-21/h2-13H,15H2,1H3/b18-12+. The maximum atomic E-state index is 9.57. The van der Waals surface area contributed by atoms with E-state index < -0.39 is 0 Å². The molecule has 0 radical (unpaired) electrons. The molecule has 0 aliphatic rings. The molecule has 0 saturated carbocycles.